The quantitative estimate of drug-likeness (QED) is 0.553. The summed E-state index contributed by atoms with van der Waals surface area (Å²) in [6.07, 6.45) is 1.58. The highest BCUT2D eigenvalue weighted by atomic mass is 32.2. The molecular formula is C20H24FN3O2S2. The van der Waals surface area contributed by atoms with E-state index in [2.05, 4.69) is 16.0 Å². The molecule has 1 aromatic carbocycles. The Morgan fingerprint density at radius 2 is 1.93 bits per heavy atom. The first-order valence-electron chi connectivity index (χ1n) is 9.01. The Morgan fingerprint density at radius 3 is 2.57 bits per heavy atom. The van der Waals surface area contributed by atoms with E-state index in [1.807, 2.05) is 18.5 Å². The smallest absolute Gasteiger partial charge is 0.228 e. The fourth-order valence-electron chi connectivity index (χ4n) is 2.92. The average molecular weight is 422 g/mol. The van der Waals surface area contributed by atoms with Crippen molar-refractivity contribution in [1.29, 1.82) is 0 Å². The fourth-order valence-corrected chi connectivity index (χ4v) is 4.82. The molecule has 0 aliphatic rings. The molecule has 0 saturated heterocycles. The summed E-state index contributed by atoms with van der Waals surface area (Å²) >= 11 is 1.67. The maximum atomic E-state index is 14.2. The van der Waals surface area contributed by atoms with Gasteiger partial charge in [0.05, 0.1) is 23.7 Å². The molecule has 3 rings (SSSR count). The van der Waals surface area contributed by atoms with Crippen LogP contribution in [0.15, 0.2) is 53.1 Å². The Balaban J connectivity index is 1.95. The molecule has 150 valence electrons. The lowest BCUT2D eigenvalue weighted by Gasteiger charge is -2.19. The van der Waals surface area contributed by atoms with E-state index in [0.717, 1.165) is 12.2 Å². The van der Waals surface area contributed by atoms with E-state index in [9.17, 15) is 12.8 Å². The molecule has 0 aliphatic carbocycles. The maximum Gasteiger partial charge on any atom is 0.228 e. The number of hydrogen-bond donors (Lipinski definition) is 0. The second kappa shape index (κ2) is 8.55. The Morgan fingerprint density at radius 1 is 1.18 bits per heavy atom. The number of halogens is 1. The molecule has 8 heteroatoms. The minimum atomic E-state index is -3.59. The molecule has 0 atom stereocenters. The SMILES string of the molecule is CC(C)S(=O)(=O)c1ncc(CN(C)Cc2cccs2)n1Cc1ccccc1F. The molecule has 0 spiro atoms. The van der Waals surface area contributed by atoms with Crippen molar-refractivity contribution in [3.63, 3.8) is 0 Å². The zero-order valence-corrected chi connectivity index (χ0v) is 17.8. The Kier molecular flexibility index (Phi) is 6.32. The van der Waals surface area contributed by atoms with Crippen molar-refractivity contribution in [3.05, 3.63) is 69.9 Å². The van der Waals surface area contributed by atoms with Gasteiger partial charge in [-0.1, -0.05) is 24.3 Å². The molecule has 3 aromatic rings. The van der Waals surface area contributed by atoms with Gasteiger partial charge in [0.25, 0.3) is 0 Å². The number of nitrogens with zero attached hydrogens (tertiary/aromatic N) is 3. The zero-order chi connectivity index (χ0) is 20.3. The van der Waals surface area contributed by atoms with Crippen molar-refractivity contribution < 1.29 is 12.8 Å². The summed E-state index contributed by atoms with van der Waals surface area (Å²) in [5.74, 6) is -0.359. The van der Waals surface area contributed by atoms with Gasteiger partial charge >= 0.3 is 0 Å². The van der Waals surface area contributed by atoms with Crippen LogP contribution in [-0.2, 0) is 29.5 Å². The minimum Gasteiger partial charge on any atom is -0.313 e. The summed E-state index contributed by atoms with van der Waals surface area (Å²) in [7, 11) is -1.62. The number of thiophene rings is 1. The number of hydrogen-bond acceptors (Lipinski definition) is 5. The van der Waals surface area contributed by atoms with E-state index in [1.54, 1.807) is 54.1 Å². The third kappa shape index (κ3) is 4.51. The summed E-state index contributed by atoms with van der Waals surface area (Å²) in [6.45, 7) is 4.62. The molecular weight excluding hydrogens is 397 g/mol. The van der Waals surface area contributed by atoms with Crippen LogP contribution in [0.3, 0.4) is 0 Å². The summed E-state index contributed by atoms with van der Waals surface area (Å²) in [5, 5.41) is 1.41. The number of benzene rings is 1. The van der Waals surface area contributed by atoms with Gasteiger partial charge in [-0.15, -0.1) is 11.3 Å². The first-order valence-corrected chi connectivity index (χ1v) is 11.4. The predicted molar refractivity (Wildman–Crippen MR) is 110 cm³/mol. The standard InChI is InChI=1S/C20H24FN3O2S2/c1-15(2)28(25,26)20-22-11-17(13-23(3)14-18-8-6-10-27-18)24(20)12-16-7-4-5-9-19(16)21/h4-11,15H,12-14H2,1-3H3. The van der Waals surface area contributed by atoms with Crippen LogP contribution in [0.1, 0.15) is 30.0 Å². The van der Waals surface area contributed by atoms with Crippen LogP contribution in [0.5, 0.6) is 0 Å². The number of imidazole rings is 1. The van der Waals surface area contributed by atoms with Crippen LogP contribution in [-0.4, -0.2) is 35.2 Å². The average Bonchev–Trinajstić information content (AvgIpc) is 3.27. The van der Waals surface area contributed by atoms with Gasteiger partial charge in [-0.3, -0.25) is 4.90 Å². The van der Waals surface area contributed by atoms with Gasteiger partial charge in [0.1, 0.15) is 5.82 Å². The van der Waals surface area contributed by atoms with Gasteiger partial charge in [0.2, 0.25) is 15.0 Å². The first-order chi connectivity index (χ1) is 13.3. The van der Waals surface area contributed by atoms with Crippen molar-refractivity contribution in [2.45, 2.75) is 43.9 Å². The van der Waals surface area contributed by atoms with E-state index < -0.39 is 15.1 Å². The monoisotopic (exact) mass is 421 g/mol. The van der Waals surface area contributed by atoms with Crippen molar-refractivity contribution >= 4 is 21.2 Å². The molecule has 0 saturated carbocycles. The van der Waals surface area contributed by atoms with Crippen molar-refractivity contribution in [2.75, 3.05) is 7.05 Å². The van der Waals surface area contributed by atoms with Crippen LogP contribution in [0.2, 0.25) is 0 Å². The molecule has 2 aromatic heterocycles. The van der Waals surface area contributed by atoms with Gasteiger partial charge < -0.3 is 4.57 Å². The van der Waals surface area contributed by atoms with Gasteiger partial charge in [-0.2, -0.15) is 0 Å². The Labute approximate surface area is 169 Å². The lowest BCUT2D eigenvalue weighted by atomic mass is 10.2. The highest BCUT2D eigenvalue weighted by molar-refractivity contribution is 7.91. The van der Waals surface area contributed by atoms with Crippen LogP contribution in [0.4, 0.5) is 4.39 Å². The van der Waals surface area contributed by atoms with Crippen molar-refractivity contribution in [2.24, 2.45) is 0 Å². The minimum absolute atomic E-state index is 0.00900. The number of sulfone groups is 1. The Bertz CT molecular complexity index is 1030. The van der Waals surface area contributed by atoms with Crippen LogP contribution >= 0.6 is 11.3 Å². The highest BCUT2D eigenvalue weighted by Crippen LogP contribution is 2.21. The van der Waals surface area contributed by atoms with Gasteiger partial charge in [-0.05, 0) is 38.4 Å². The third-order valence-corrected chi connectivity index (χ3v) is 7.44. The lowest BCUT2D eigenvalue weighted by molar-refractivity contribution is 0.311. The molecule has 0 N–H and O–H groups in total. The van der Waals surface area contributed by atoms with Crippen LogP contribution in [0.25, 0.3) is 0 Å². The van der Waals surface area contributed by atoms with Crippen molar-refractivity contribution in [1.82, 2.24) is 14.5 Å². The molecule has 5 nitrogen and oxygen atoms in total. The maximum absolute atomic E-state index is 14.2. The second-order valence-electron chi connectivity index (χ2n) is 7.06. The van der Waals surface area contributed by atoms with E-state index in [0.29, 0.717) is 12.1 Å². The van der Waals surface area contributed by atoms with Crippen LogP contribution in [0, 0.1) is 5.82 Å². The fraction of sp³-hybridized carbons (Fsp3) is 0.350. The molecule has 0 aliphatic heterocycles. The van der Waals surface area contributed by atoms with E-state index >= 15 is 0 Å². The molecule has 0 radical (unpaired) electrons. The summed E-state index contributed by atoms with van der Waals surface area (Å²) in [6, 6.07) is 10.5. The van der Waals surface area contributed by atoms with Crippen molar-refractivity contribution in [3.8, 4) is 0 Å². The number of rotatable bonds is 8. The zero-order valence-electron chi connectivity index (χ0n) is 16.2. The molecule has 0 unspecified atom stereocenters. The summed E-state index contributed by atoms with van der Waals surface area (Å²) in [5.41, 5.74) is 1.17. The van der Waals surface area contributed by atoms with Gasteiger partial charge in [-0.25, -0.2) is 17.8 Å². The van der Waals surface area contributed by atoms with E-state index in [1.165, 1.54) is 10.9 Å². The lowest BCUT2D eigenvalue weighted by Crippen LogP contribution is -2.23. The highest BCUT2D eigenvalue weighted by Gasteiger charge is 2.27. The Hall–Kier alpha value is -2.03. The normalized spacial score (nSPS) is 12.2. The molecule has 0 fully saturated rings. The third-order valence-electron chi connectivity index (χ3n) is 4.50. The summed E-state index contributed by atoms with van der Waals surface area (Å²) < 4.78 is 41.4. The topological polar surface area (TPSA) is 55.2 Å². The molecule has 0 bridgehead atoms. The summed E-state index contributed by atoms with van der Waals surface area (Å²) in [4.78, 5) is 7.52. The van der Waals surface area contributed by atoms with Crippen LogP contribution < -0.4 is 0 Å². The van der Waals surface area contributed by atoms with E-state index in [-0.39, 0.29) is 17.5 Å². The first kappa shape index (κ1) is 20.7. The largest absolute Gasteiger partial charge is 0.313 e. The molecule has 2 heterocycles. The second-order valence-corrected chi connectivity index (χ2v) is 10.5. The molecule has 0 amide bonds. The van der Waals surface area contributed by atoms with Gasteiger partial charge in [0.15, 0.2) is 0 Å². The van der Waals surface area contributed by atoms with Gasteiger partial charge in [0, 0.05) is 23.5 Å². The predicted octanol–water partition coefficient (Wildman–Crippen LogP) is 3.95. The molecule has 28 heavy (non-hydrogen) atoms. The number of aromatic nitrogens is 2. The van der Waals surface area contributed by atoms with E-state index in [4.69, 9.17) is 0 Å².